The van der Waals surface area contributed by atoms with E-state index in [1.807, 2.05) is 0 Å². The van der Waals surface area contributed by atoms with E-state index in [1.54, 1.807) is 48.5 Å². The molecular weight excluding hydrogens is 672 g/mol. The largest absolute Gasteiger partial charge is 0.508 e. The van der Waals surface area contributed by atoms with Crippen molar-refractivity contribution >= 4 is 23.9 Å². The molecule has 0 radical (unpaired) electrons. The van der Waals surface area contributed by atoms with Crippen LogP contribution in [0.2, 0.25) is 0 Å². The van der Waals surface area contributed by atoms with Crippen LogP contribution in [0.1, 0.15) is 47.9 Å². The number of phenols is 4. The van der Waals surface area contributed by atoms with Crippen LogP contribution in [-0.2, 0) is 44.9 Å². The summed E-state index contributed by atoms with van der Waals surface area (Å²) >= 11 is 0. The van der Waals surface area contributed by atoms with Crippen LogP contribution in [0.4, 0.5) is 0 Å². The molecule has 276 valence electrons. The quantitative estimate of drug-likeness (QED) is 0.0581. The Bertz CT molecular complexity index is 1600. The minimum Gasteiger partial charge on any atom is -0.508 e. The number of hydrogen-bond donors (Lipinski definition) is 8. The molecule has 0 aliphatic heterocycles. The lowest BCUT2D eigenvalue weighted by atomic mass is 9.80. The van der Waals surface area contributed by atoms with Gasteiger partial charge in [0, 0.05) is 12.8 Å². The molecule has 0 saturated carbocycles. The van der Waals surface area contributed by atoms with Gasteiger partial charge < -0.3 is 40.9 Å². The van der Waals surface area contributed by atoms with Gasteiger partial charge in [0.2, 0.25) is 0 Å². The zero-order valence-corrected chi connectivity index (χ0v) is 28.4. The standard InChI is InChI=1S/2C20H22O6/c2*21-16-6-1-13(2-7-16)11-15(5-10-19(23)24)18(20(25)26)12-14-3-8-17(22)9-4-14/h2*1-4,6-9,15,18,21-22H,5,10-12H2,(H,23,24)(H,25,26)/t2*15-,18-/m10/s1. The lowest BCUT2D eigenvalue weighted by Crippen LogP contribution is -2.28. The van der Waals surface area contributed by atoms with Crippen molar-refractivity contribution in [3.05, 3.63) is 119 Å². The van der Waals surface area contributed by atoms with Crippen LogP contribution in [0.3, 0.4) is 0 Å². The Morgan fingerprint density at radius 2 is 0.615 bits per heavy atom. The lowest BCUT2D eigenvalue weighted by molar-refractivity contribution is -0.145. The summed E-state index contributed by atoms with van der Waals surface area (Å²) in [6.45, 7) is 0. The van der Waals surface area contributed by atoms with Crippen LogP contribution in [0, 0.1) is 23.7 Å². The summed E-state index contributed by atoms with van der Waals surface area (Å²) in [5, 5.41) is 74.9. The van der Waals surface area contributed by atoms with Gasteiger partial charge in [-0.25, -0.2) is 0 Å². The SMILES string of the molecule is O=C(O)CC[C@@H](Cc1ccc(O)cc1)[C@H](Cc1ccc(O)cc1)C(=O)O.O=C(O)CC[C@H](Cc1ccc(O)cc1)[C@@H](Cc1ccc(O)cc1)C(=O)O. The third-order valence-electron chi connectivity index (χ3n) is 8.88. The summed E-state index contributed by atoms with van der Waals surface area (Å²) in [5.41, 5.74) is 3.22. The predicted molar refractivity (Wildman–Crippen MR) is 190 cm³/mol. The van der Waals surface area contributed by atoms with Crippen molar-refractivity contribution in [2.24, 2.45) is 23.7 Å². The molecule has 0 saturated heterocycles. The molecule has 4 atom stereocenters. The van der Waals surface area contributed by atoms with Gasteiger partial charge in [0.25, 0.3) is 0 Å². The Balaban J connectivity index is 0.000000280. The van der Waals surface area contributed by atoms with E-state index < -0.39 is 35.7 Å². The van der Waals surface area contributed by atoms with Crippen molar-refractivity contribution in [3.63, 3.8) is 0 Å². The fourth-order valence-electron chi connectivity index (χ4n) is 6.06. The van der Waals surface area contributed by atoms with E-state index in [0.29, 0.717) is 12.8 Å². The van der Waals surface area contributed by atoms with Crippen LogP contribution in [0.15, 0.2) is 97.1 Å². The van der Waals surface area contributed by atoms with Gasteiger partial charge in [0.1, 0.15) is 23.0 Å². The molecule has 8 N–H and O–H groups in total. The Labute approximate surface area is 300 Å². The van der Waals surface area contributed by atoms with Crippen molar-refractivity contribution in [3.8, 4) is 23.0 Å². The van der Waals surface area contributed by atoms with Crippen LogP contribution >= 0.6 is 0 Å². The second-order valence-electron chi connectivity index (χ2n) is 12.8. The highest BCUT2D eigenvalue weighted by Crippen LogP contribution is 2.29. The lowest BCUT2D eigenvalue weighted by Gasteiger charge is -2.24. The number of aliphatic carboxylic acids is 4. The fraction of sp³-hybridized carbons (Fsp3) is 0.300. The molecule has 0 spiro atoms. The van der Waals surface area contributed by atoms with Gasteiger partial charge in [0.05, 0.1) is 11.8 Å². The average molecular weight is 717 g/mol. The maximum atomic E-state index is 11.9. The molecule has 12 heteroatoms. The van der Waals surface area contributed by atoms with Gasteiger partial charge >= 0.3 is 23.9 Å². The molecule has 0 bridgehead atoms. The topological polar surface area (TPSA) is 230 Å². The van der Waals surface area contributed by atoms with Crippen LogP contribution in [0.5, 0.6) is 23.0 Å². The predicted octanol–water partition coefficient (Wildman–Crippen LogP) is 6.13. The van der Waals surface area contributed by atoms with Gasteiger partial charge in [-0.1, -0.05) is 48.5 Å². The molecule has 0 aliphatic rings. The highest BCUT2D eigenvalue weighted by molar-refractivity contribution is 5.72. The summed E-state index contributed by atoms with van der Waals surface area (Å²) in [6.07, 6.45) is 1.57. The van der Waals surface area contributed by atoms with Gasteiger partial charge in [-0.2, -0.15) is 0 Å². The molecule has 4 rings (SSSR count). The number of carbonyl (C=O) groups is 4. The second kappa shape index (κ2) is 20.0. The van der Waals surface area contributed by atoms with Crippen molar-refractivity contribution < 1.29 is 60.0 Å². The van der Waals surface area contributed by atoms with E-state index >= 15 is 0 Å². The van der Waals surface area contributed by atoms with E-state index in [0.717, 1.165) is 22.3 Å². The number of benzene rings is 4. The van der Waals surface area contributed by atoms with Crippen molar-refractivity contribution in [2.45, 2.75) is 51.4 Å². The normalized spacial score (nSPS) is 13.1. The highest BCUT2D eigenvalue weighted by Gasteiger charge is 2.30. The molecule has 0 unspecified atom stereocenters. The number of carboxylic acids is 4. The molecule has 52 heavy (non-hydrogen) atoms. The fourth-order valence-corrected chi connectivity index (χ4v) is 6.06. The third-order valence-corrected chi connectivity index (χ3v) is 8.88. The molecule has 0 aromatic heterocycles. The second-order valence-corrected chi connectivity index (χ2v) is 12.8. The van der Waals surface area contributed by atoms with Crippen molar-refractivity contribution in [2.75, 3.05) is 0 Å². The molecule has 0 fully saturated rings. The number of rotatable bonds is 18. The third kappa shape index (κ3) is 14.1. The maximum Gasteiger partial charge on any atom is 0.307 e. The smallest absolute Gasteiger partial charge is 0.307 e. The number of aromatic hydroxyl groups is 4. The van der Waals surface area contributed by atoms with E-state index in [2.05, 4.69) is 0 Å². The van der Waals surface area contributed by atoms with Gasteiger partial charge in [-0.3, -0.25) is 19.2 Å². The molecule has 0 heterocycles. The zero-order chi connectivity index (χ0) is 38.2. The van der Waals surface area contributed by atoms with Gasteiger partial charge in [0.15, 0.2) is 0 Å². The van der Waals surface area contributed by atoms with Gasteiger partial charge in [-0.05, 0) is 121 Å². The minimum absolute atomic E-state index is 0.104. The number of phenolic OH excluding ortho intramolecular Hbond substituents is 4. The first-order valence-corrected chi connectivity index (χ1v) is 16.7. The molecule has 0 amide bonds. The Hall–Kier alpha value is -6.04. The van der Waals surface area contributed by atoms with E-state index in [9.17, 15) is 49.8 Å². The first-order chi connectivity index (χ1) is 24.7. The van der Waals surface area contributed by atoms with E-state index in [4.69, 9.17) is 10.2 Å². The molecule has 4 aromatic carbocycles. The zero-order valence-electron chi connectivity index (χ0n) is 28.4. The van der Waals surface area contributed by atoms with Crippen LogP contribution in [0.25, 0.3) is 0 Å². The van der Waals surface area contributed by atoms with Crippen molar-refractivity contribution in [1.82, 2.24) is 0 Å². The van der Waals surface area contributed by atoms with Gasteiger partial charge in [-0.15, -0.1) is 0 Å². The summed E-state index contributed by atoms with van der Waals surface area (Å²) in [7, 11) is 0. The number of carboxylic acid groups (broad SMARTS) is 4. The Morgan fingerprint density at radius 1 is 0.385 bits per heavy atom. The van der Waals surface area contributed by atoms with Crippen molar-refractivity contribution in [1.29, 1.82) is 0 Å². The summed E-state index contributed by atoms with van der Waals surface area (Å²) in [4.78, 5) is 45.7. The first kappa shape index (κ1) is 40.4. The molecular formula is C40H44O12. The summed E-state index contributed by atoms with van der Waals surface area (Å²) < 4.78 is 0. The molecule has 4 aromatic rings. The summed E-state index contributed by atoms with van der Waals surface area (Å²) in [6, 6.07) is 25.6. The highest BCUT2D eigenvalue weighted by atomic mass is 16.4. The van der Waals surface area contributed by atoms with E-state index in [-0.39, 0.29) is 73.4 Å². The Morgan fingerprint density at radius 3 is 0.827 bits per heavy atom. The average Bonchev–Trinajstić information content (AvgIpc) is 3.10. The monoisotopic (exact) mass is 716 g/mol. The maximum absolute atomic E-state index is 11.9. The van der Waals surface area contributed by atoms with Crippen LogP contribution < -0.4 is 0 Å². The first-order valence-electron chi connectivity index (χ1n) is 16.7. The minimum atomic E-state index is -0.979. The molecule has 12 nitrogen and oxygen atoms in total. The van der Waals surface area contributed by atoms with Crippen LogP contribution in [-0.4, -0.2) is 64.7 Å². The Kier molecular flexibility index (Phi) is 15.5. The molecule has 0 aliphatic carbocycles. The summed E-state index contributed by atoms with van der Waals surface area (Å²) in [5.74, 6) is -5.70. The van der Waals surface area contributed by atoms with E-state index in [1.165, 1.54) is 48.5 Å². The number of hydrogen-bond acceptors (Lipinski definition) is 8.